The molecule has 154 valence electrons. The first-order valence-electron chi connectivity index (χ1n) is 10.2. The van der Waals surface area contributed by atoms with Crippen molar-refractivity contribution in [2.45, 2.75) is 39.0 Å². The molecule has 2 fully saturated rings. The van der Waals surface area contributed by atoms with E-state index in [-0.39, 0.29) is 30.5 Å². The Morgan fingerprint density at radius 3 is 2.64 bits per heavy atom. The van der Waals surface area contributed by atoms with Crippen LogP contribution >= 0.6 is 0 Å². The summed E-state index contributed by atoms with van der Waals surface area (Å²) in [6.07, 6.45) is 4.57. The van der Waals surface area contributed by atoms with Crippen molar-refractivity contribution < 1.29 is 18.4 Å². The molecule has 2 atom stereocenters. The van der Waals surface area contributed by atoms with E-state index in [9.17, 15) is 18.4 Å². The molecule has 3 rings (SSSR count). The molecule has 2 aliphatic heterocycles. The van der Waals surface area contributed by atoms with Crippen molar-refractivity contribution in [1.82, 2.24) is 10.2 Å². The van der Waals surface area contributed by atoms with Gasteiger partial charge < -0.3 is 15.1 Å². The van der Waals surface area contributed by atoms with Gasteiger partial charge in [0.15, 0.2) is 0 Å². The Morgan fingerprint density at radius 1 is 1.18 bits per heavy atom. The number of piperidine rings is 1. The van der Waals surface area contributed by atoms with Crippen LogP contribution in [0.1, 0.15) is 39.0 Å². The third kappa shape index (κ3) is 5.50. The number of nitrogens with zero attached hydrogens (tertiary/aromatic N) is 2. The molecule has 1 aromatic rings. The third-order valence-corrected chi connectivity index (χ3v) is 5.60. The highest BCUT2D eigenvalue weighted by Crippen LogP contribution is 2.26. The SMILES string of the molecule is CC1CCCN(CCCCNC(=O)C2CC(=O)N(c3cc(F)cc(F)c3)C2)C1. The highest BCUT2D eigenvalue weighted by atomic mass is 19.1. The first-order chi connectivity index (χ1) is 13.4. The Bertz CT molecular complexity index is 693. The van der Waals surface area contributed by atoms with Gasteiger partial charge in [-0.1, -0.05) is 6.92 Å². The summed E-state index contributed by atoms with van der Waals surface area (Å²) in [6, 6.07) is 2.99. The van der Waals surface area contributed by atoms with Crippen molar-refractivity contribution in [3.8, 4) is 0 Å². The Balaban J connectivity index is 1.39. The largest absolute Gasteiger partial charge is 0.356 e. The third-order valence-electron chi connectivity index (χ3n) is 5.60. The lowest BCUT2D eigenvalue weighted by molar-refractivity contribution is -0.126. The second-order valence-corrected chi connectivity index (χ2v) is 8.08. The Morgan fingerprint density at radius 2 is 1.93 bits per heavy atom. The van der Waals surface area contributed by atoms with Crippen LogP contribution in [0.25, 0.3) is 0 Å². The number of carbonyl (C=O) groups excluding carboxylic acids is 2. The smallest absolute Gasteiger partial charge is 0.227 e. The van der Waals surface area contributed by atoms with Crippen LogP contribution in [0.2, 0.25) is 0 Å². The maximum Gasteiger partial charge on any atom is 0.227 e. The maximum atomic E-state index is 13.4. The Hall–Kier alpha value is -2.02. The van der Waals surface area contributed by atoms with Crippen molar-refractivity contribution >= 4 is 17.5 Å². The number of unbranched alkanes of at least 4 members (excludes halogenated alkanes) is 1. The van der Waals surface area contributed by atoms with E-state index >= 15 is 0 Å². The zero-order chi connectivity index (χ0) is 20.1. The minimum Gasteiger partial charge on any atom is -0.356 e. The topological polar surface area (TPSA) is 52.7 Å². The van der Waals surface area contributed by atoms with Crippen LogP contribution in [0.5, 0.6) is 0 Å². The summed E-state index contributed by atoms with van der Waals surface area (Å²) >= 11 is 0. The lowest BCUT2D eigenvalue weighted by atomic mass is 10.0. The van der Waals surface area contributed by atoms with Gasteiger partial charge in [-0.3, -0.25) is 9.59 Å². The van der Waals surface area contributed by atoms with Crippen molar-refractivity contribution in [3.63, 3.8) is 0 Å². The fourth-order valence-corrected chi connectivity index (χ4v) is 4.13. The lowest BCUT2D eigenvalue weighted by Crippen LogP contribution is -2.36. The number of halogens is 2. The molecular weight excluding hydrogens is 364 g/mol. The molecular formula is C21H29F2N3O2. The molecule has 2 saturated heterocycles. The fraction of sp³-hybridized carbons (Fsp3) is 0.619. The van der Waals surface area contributed by atoms with Crippen molar-refractivity contribution in [3.05, 3.63) is 29.8 Å². The van der Waals surface area contributed by atoms with Gasteiger partial charge >= 0.3 is 0 Å². The first kappa shape index (κ1) is 20.7. The van der Waals surface area contributed by atoms with E-state index < -0.39 is 17.6 Å². The summed E-state index contributed by atoms with van der Waals surface area (Å²) in [6.45, 7) is 6.41. The van der Waals surface area contributed by atoms with Gasteiger partial charge in [0, 0.05) is 37.8 Å². The molecule has 0 saturated carbocycles. The number of carbonyl (C=O) groups is 2. The second kappa shape index (κ2) is 9.45. The fourth-order valence-electron chi connectivity index (χ4n) is 4.13. The first-order valence-corrected chi connectivity index (χ1v) is 10.2. The number of likely N-dealkylation sites (tertiary alicyclic amines) is 1. The molecule has 7 heteroatoms. The average Bonchev–Trinajstić information content (AvgIpc) is 3.02. The van der Waals surface area contributed by atoms with Gasteiger partial charge in [0.25, 0.3) is 0 Å². The summed E-state index contributed by atoms with van der Waals surface area (Å²) < 4.78 is 26.8. The van der Waals surface area contributed by atoms with Crippen LogP contribution in [-0.2, 0) is 9.59 Å². The van der Waals surface area contributed by atoms with Gasteiger partial charge in [0.05, 0.1) is 5.92 Å². The monoisotopic (exact) mass is 393 g/mol. The average molecular weight is 393 g/mol. The van der Waals surface area contributed by atoms with E-state index in [1.54, 1.807) is 0 Å². The van der Waals surface area contributed by atoms with E-state index in [0.717, 1.165) is 56.6 Å². The van der Waals surface area contributed by atoms with E-state index in [4.69, 9.17) is 0 Å². The van der Waals surface area contributed by atoms with Gasteiger partial charge in [-0.05, 0) is 56.8 Å². The van der Waals surface area contributed by atoms with Gasteiger partial charge in [-0.15, -0.1) is 0 Å². The second-order valence-electron chi connectivity index (χ2n) is 8.08. The van der Waals surface area contributed by atoms with Crippen LogP contribution in [0.4, 0.5) is 14.5 Å². The Labute approximate surface area is 165 Å². The molecule has 1 aromatic carbocycles. The predicted octanol–water partition coefficient (Wildman–Crippen LogP) is 2.95. The lowest BCUT2D eigenvalue weighted by Gasteiger charge is -2.30. The normalized spacial score (nSPS) is 23.2. The van der Waals surface area contributed by atoms with Gasteiger partial charge in [0.2, 0.25) is 11.8 Å². The quantitative estimate of drug-likeness (QED) is 0.725. The molecule has 2 amide bonds. The van der Waals surface area contributed by atoms with E-state index in [0.29, 0.717) is 6.54 Å². The number of benzene rings is 1. The summed E-state index contributed by atoms with van der Waals surface area (Å²) in [7, 11) is 0. The molecule has 2 heterocycles. The number of hydrogen-bond donors (Lipinski definition) is 1. The molecule has 2 unspecified atom stereocenters. The minimum atomic E-state index is -0.737. The van der Waals surface area contributed by atoms with Crippen molar-refractivity contribution in [2.24, 2.45) is 11.8 Å². The molecule has 0 aliphatic carbocycles. The number of hydrogen-bond acceptors (Lipinski definition) is 3. The summed E-state index contributed by atoms with van der Waals surface area (Å²) in [5, 5.41) is 2.90. The van der Waals surface area contributed by atoms with Gasteiger partial charge in [-0.2, -0.15) is 0 Å². The molecule has 28 heavy (non-hydrogen) atoms. The molecule has 5 nitrogen and oxygen atoms in total. The predicted molar refractivity (Wildman–Crippen MR) is 104 cm³/mol. The van der Waals surface area contributed by atoms with Crippen molar-refractivity contribution in [1.29, 1.82) is 0 Å². The molecule has 2 aliphatic rings. The van der Waals surface area contributed by atoms with Crippen LogP contribution in [-0.4, -0.2) is 49.4 Å². The van der Waals surface area contributed by atoms with E-state index in [1.807, 2.05) is 0 Å². The van der Waals surface area contributed by atoms with Gasteiger partial charge in [0.1, 0.15) is 11.6 Å². The zero-order valence-electron chi connectivity index (χ0n) is 16.4. The van der Waals surface area contributed by atoms with Gasteiger partial charge in [-0.25, -0.2) is 8.78 Å². The highest BCUT2D eigenvalue weighted by molar-refractivity contribution is 6.00. The van der Waals surface area contributed by atoms with E-state index in [1.165, 1.54) is 17.7 Å². The van der Waals surface area contributed by atoms with Crippen molar-refractivity contribution in [2.75, 3.05) is 37.6 Å². The number of amides is 2. The van der Waals surface area contributed by atoms with Crippen LogP contribution in [0, 0.1) is 23.5 Å². The molecule has 0 radical (unpaired) electrons. The highest BCUT2D eigenvalue weighted by Gasteiger charge is 2.35. The maximum absolute atomic E-state index is 13.4. The molecule has 0 bridgehead atoms. The number of rotatable bonds is 7. The number of nitrogens with one attached hydrogen (secondary N) is 1. The zero-order valence-corrected chi connectivity index (χ0v) is 16.4. The van der Waals surface area contributed by atoms with E-state index in [2.05, 4.69) is 17.1 Å². The summed E-state index contributed by atoms with van der Waals surface area (Å²) in [5.41, 5.74) is 0.161. The minimum absolute atomic E-state index is 0.0651. The van der Waals surface area contributed by atoms with Crippen LogP contribution in [0.15, 0.2) is 18.2 Å². The molecule has 0 spiro atoms. The summed E-state index contributed by atoms with van der Waals surface area (Å²) in [5.74, 6) is -1.65. The molecule has 1 N–H and O–H groups in total. The number of anilines is 1. The summed E-state index contributed by atoms with van der Waals surface area (Å²) in [4.78, 5) is 28.3. The van der Waals surface area contributed by atoms with Crippen LogP contribution < -0.4 is 10.2 Å². The molecule has 0 aromatic heterocycles. The van der Waals surface area contributed by atoms with Crippen LogP contribution in [0.3, 0.4) is 0 Å². The Kier molecular flexibility index (Phi) is 6.99. The standard InChI is InChI=1S/C21H29F2N3O2/c1-15-5-4-8-25(13-15)7-3-2-6-24-21(28)16-9-20(27)26(14-16)19-11-17(22)10-18(23)12-19/h10-12,15-16H,2-9,13-14H2,1H3,(H,24,28).